The second-order valence-corrected chi connectivity index (χ2v) is 7.49. The molecule has 138 valence electrons. The lowest BCUT2D eigenvalue weighted by molar-refractivity contribution is 0.0692. The predicted octanol–water partition coefficient (Wildman–Crippen LogP) is 5.26. The van der Waals surface area contributed by atoms with E-state index in [1.165, 1.54) is 10.9 Å². The van der Waals surface area contributed by atoms with Crippen molar-refractivity contribution in [2.24, 2.45) is 0 Å². The molecule has 0 fully saturated rings. The molecule has 3 nitrogen and oxygen atoms in total. The van der Waals surface area contributed by atoms with Gasteiger partial charge in [0, 0.05) is 28.7 Å². The molecule has 3 aromatic carbocycles. The summed E-state index contributed by atoms with van der Waals surface area (Å²) in [5, 5.41) is 1.26. The van der Waals surface area contributed by atoms with Gasteiger partial charge in [-0.25, -0.2) is 0 Å². The molecule has 5 rings (SSSR count). The topological polar surface area (TPSA) is 36.1 Å². The summed E-state index contributed by atoms with van der Waals surface area (Å²) in [7, 11) is 0. The molecule has 0 unspecified atom stereocenters. The van der Waals surface area contributed by atoms with Gasteiger partial charge in [0.25, 0.3) is 5.91 Å². The highest BCUT2D eigenvalue weighted by atomic mass is 16.2. The molecule has 0 saturated carbocycles. The highest BCUT2D eigenvalue weighted by Crippen LogP contribution is 2.38. The third-order valence-electron chi connectivity index (χ3n) is 5.71. The third kappa shape index (κ3) is 2.71. The van der Waals surface area contributed by atoms with Gasteiger partial charge in [0.2, 0.25) is 0 Å². The van der Waals surface area contributed by atoms with Crippen molar-refractivity contribution in [3.05, 3.63) is 107 Å². The Morgan fingerprint density at radius 1 is 0.929 bits per heavy atom. The van der Waals surface area contributed by atoms with Crippen LogP contribution in [0.2, 0.25) is 0 Å². The maximum atomic E-state index is 13.4. The summed E-state index contributed by atoms with van der Waals surface area (Å²) < 4.78 is 0. The summed E-state index contributed by atoms with van der Waals surface area (Å²) in [6.45, 7) is 2.75. The van der Waals surface area contributed by atoms with Gasteiger partial charge in [-0.2, -0.15) is 0 Å². The van der Waals surface area contributed by atoms with E-state index < -0.39 is 0 Å². The van der Waals surface area contributed by atoms with Crippen molar-refractivity contribution in [1.82, 2.24) is 9.88 Å². The second-order valence-electron chi connectivity index (χ2n) is 7.49. The van der Waals surface area contributed by atoms with Crippen LogP contribution in [0.1, 0.15) is 38.8 Å². The van der Waals surface area contributed by atoms with Gasteiger partial charge in [0.05, 0.1) is 6.04 Å². The highest BCUT2D eigenvalue weighted by molar-refractivity contribution is 5.95. The second kappa shape index (κ2) is 6.68. The molecular weight excluding hydrogens is 344 g/mol. The molecular formula is C25H22N2O. The van der Waals surface area contributed by atoms with E-state index in [2.05, 4.69) is 41.4 Å². The Labute approximate surface area is 164 Å². The van der Waals surface area contributed by atoms with E-state index in [-0.39, 0.29) is 11.9 Å². The number of fused-ring (bicyclic) bond motifs is 3. The lowest BCUT2D eigenvalue weighted by Gasteiger charge is -2.36. The lowest BCUT2D eigenvalue weighted by atomic mass is 9.91. The first-order valence-electron chi connectivity index (χ1n) is 9.74. The number of carbonyl (C=O) groups excluding carboxylic acids is 1. The number of nitrogens with zero attached hydrogens (tertiary/aromatic N) is 1. The van der Waals surface area contributed by atoms with Gasteiger partial charge < -0.3 is 9.88 Å². The van der Waals surface area contributed by atoms with E-state index in [1.807, 2.05) is 54.3 Å². The zero-order valence-corrected chi connectivity index (χ0v) is 15.9. The van der Waals surface area contributed by atoms with Crippen molar-refractivity contribution in [3.8, 4) is 0 Å². The minimum Gasteiger partial charge on any atom is -0.356 e. The van der Waals surface area contributed by atoms with Gasteiger partial charge in [-0.15, -0.1) is 0 Å². The molecule has 0 saturated heterocycles. The molecule has 2 heterocycles. The zero-order chi connectivity index (χ0) is 19.1. The van der Waals surface area contributed by atoms with E-state index in [4.69, 9.17) is 0 Å². The van der Waals surface area contributed by atoms with Crippen LogP contribution in [0.15, 0.2) is 78.9 Å². The van der Waals surface area contributed by atoms with Crippen molar-refractivity contribution >= 4 is 16.8 Å². The Morgan fingerprint density at radius 3 is 2.43 bits per heavy atom. The molecule has 4 aromatic rings. The van der Waals surface area contributed by atoms with Gasteiger partial charge in [-0.1, -0.05) is 66.2 Å². The first-order chi connectivity index (χ1) is 13.7. The number of carbonyl (C=O) groups is 1. The molecule has 1 aromatic heterocycles. The maximum absolute atomic E-state index is 13.4. The number of aromatic amines is 1. The van der Waals surface area contributed by atoms with Gasteiger partial charge in [0.1, 0.15) is 0 Å². The normalized spacial score (nSPS) is 16.2. The van der Waals surface area contributed by atoms with Crippen molar-refractivity contribution in [2.75, 3.05) is 6.54 Å². The zero-order valence-electron chi connectivity index (χ0n) is 15.9. The summed E-state index contributed by atoms with van der Waals surface area (Å²) in [5.41, 5.74) is 6.64. The average molecular weight is 366 g/mol. The molecule has 0 bridgehead atoms. The standard InChI is InChI=1S/C25H22N2O/c1-17-11-13-19(14-12-17)25(28)27-16-15-21-20-9-5-6-10-22(20)26-23(21)24(27)18-7-3-2-4-8-18/h2-14,24,26H,15-16H2,1H3/t24-/m0/s1. The molecule has 1 aliphatic heterocycles. The van der Waals surface area contributed by atoms with Crippen LogP contribution >= 0.6 is 0 Å². The molecule has 0 aliphatic carbocycles. The first kappa shape index (κ1) is 16.8. The number of nitrogens with one attached hydrogen (secondary N) is 1. The number of hydrogen-bond donors (Lipinski definition) is 1. The number of rotatable bonds is 2. The molecule has 28 heavy (non-hydrogen) atoms. The van der Waals surface area contributed by atoms with Crippen LogP contribution in [0.3, 0.4) is 0 Å². The Balaban J connectivity index is 1.65. The van der Waals surface area contributed by atoms with Crippen LogP contribution in [0, 0.1) is 6.92 Å². The van der Waals surface area contributed by atoms with Crippen LogP contribution in [0.4, 0.5) is 0 Å². The van der Waals surface area contributed by atoms with Crippen LogP contribution in [-0.4, -0.2) is 22.3 Å². The van der Waals surface area contributed by atoms with E-state index in [0.717, 1.165) is 34.3 Å². The summed E-state index contributed by atoms with van der Waals surface area (Å²) in [5.74, 6) is 0.0816. The van der Waals surface area contributed by atoms with Crippen LogP contribution in [0.5, 0.6) is 0 Å². The molecule has 1 N–H and O–H groups in total. The van der Waals surface area contributed by atoms with Gasteiger partial charge >= 0.3 is 0 Å². The van der Waals surface area contributed by atoms with Crippen molar-refractivity contribution in [2.45, 2.75) is 19.4 Å². The average Bonchev–Trinajstić information content (AvgIpc) is 3.12. The summed E-state index contributed by atoms with van der Waals surface area (Å²) >= 11 is 0. The molecule has 1 amide bonds. The fraction of sp³-hybridized carbons (Fsp3) is 0.160. The quantitative estimate of drug-likeness (QED) is 0.516. The van der Waals surface area contributed by atoms with Crippen LogP contribution < -0.4 is 0 Å². The molecule has 0 radical (unpaired) electrons. The van der Waals surface area contributed by atoms with Gasteiger partial charge in [-0.05, 0) is 42.7 Å². The van der Waals surface area contributed by atoms with Crippen molar-refractivity contribution in [1.29, 1.82) is 0 Å². The number of hydrogen-bond acceptors (Lipinski definition) is 1. The summed E-state index contributed by atoms with van der Waals surface area (Å²) in [6.07, 6.45) is 0.861. The Morgan fingerprint density at radius 2 is 1.64 bits per heavy atom. The van der Waals surface area contributed by atoms with E-state index in [9.17, 15) is 4.79 Å². The number of amides is 1. The van der Waals surface area contributed by atoms with Gasteiger partial charge in [-0.3, -0.25) is 4.79 Å². The van der Waals surface area contributed by atoms with E-state index >= 15 is 0 Å². The van der Waals surface area contributed by atoms with Gasteiger partial charge in [0.15, 0.2) is 0 Å². The summed E-state index contributed by atoms with van der Waals surface area (Å²) in [6, 6.07) is 26.5. The maximum Gasteiger partial charge on any atom is 0.254 e. The summed E-state index contributed by atoms with van der Waals surface area (Å²) in [4.78, 5) is 19.1. The van der Waals surface area contributed by atoms with Crippen molar-refractivity contribution in [3.63, 3.8) is 0 Å². The highest BCUT2D eigenvalue weighted by Gasteiger charge is 2.34. The fourth-order valence-corrected chi connectivity index (χ4v) is 4.30. The lowest BCUT2D eigenvalue weighted by Crippen LogP contribution is -2.40. The minimum atomic E-state index is -0.105. The number of para-hydroxylation sites is 1. The Bertz CT molecular complexity index is 1140. The number of H-pyrrole nitrogens is 1. The van der Waals surface area contributed by atoms with E-state index in [0.29, 0.717) is 6.54 Å². The fourth-order valence-electron chi connectivity index (χ4n) is 4.30. The Kier molecular flexibility index (Phi) is 4.01. The smallest absolute Gasteiger partial charge is 0.254 e. The predicted molar refractivity (Wildman–Crippen MR) is 113 cm³/mol. The third-order valence-corrected chi connectivity index (χ3v) is 5.71. The van der Waals surface area contributed by atoms with Crippen LogP contribution in [0.25, 0.3) is 10.9 Å². The molecule has 0 spiro atoms. The van der Waals surface area contributed by atoms with Crippen LogP contribution in [-0.2, 0) is 6.42 Å². The Hall–Kier alpha value is -3.33. The SMILES string of the molecule is Cc1ccc(C(=O)N2CCc3c([nH]c4ccccc34)[C@@H]2c2ccccc2)cc1. The van der Waals surface area contributed by atoms with E-state index in [1.54, 1.807) is 0 Å². The monoisotopic (exact) mass is 366 g/mol. The molecule has 1 aliphatic rings. The first-order valence-corrected chi connectivity index (χ1v) is 9.74. The minimum absolute atomic E-state index is 0.0816. The largest absolute Gasteiger partial charge is 0.356 e. The molecule has 3 heteroatoms. The molecule has 1 atom stereocenters. The number of benzene rings is 3. The van der Waals surface area contributed by atoms with Crippen molar-refractivity contribution < 1.29 is 4.79 Å². The number of aromatic nitrogens is 1. The number of aryl methyl sites for hydroxylation is 1.